The van der Waals surface area contributed by atoms with Crippen molar-refractivity contribution in [3.05, 3.63) is 128 Å². The standard InChI is InChI=1S/C31H22BrF4NO3/c32-22-12-27(30(37-15-22)39-16-20-7-9-23(33)13-28(20)35)26-6-2-5-25(26)18-3-1-4-19(11-18)31(38)40-17-21-8-10-24(34)14-29(21)36/h1,3-4,7-15H,2,5-6,16-17H2. The number of hydrogen-bond acceptors (Lipinski definition) is 4. The highest BCUT2D eigenvalue weighted by atomic mass is 79.9. The number of esters is 1. The Kier molecular flexibility index (Phi) is 8.30. The topological polar surface area (TPSA) is 48.4 Å². The molecule has 0 saturated heterocycles. The molecule has 1 aromatic heterocycles. The number of aromatic nitrogens is 1. The summed E-state index contributed by atoms with van der Waals surface area (Å²) in [5.74, 6) is -3.20. The first-order chi connectivity index (χ1) is 19.3. The zero-order valence-corrected chi connectivity index (χ0v) is 22.6. The number of benzene rings is 3. The Balaban J connectivity index is 1.40. The van der Waals surface area contributed by atoms with Gasteiger partial charge in [-0.15, -0.1) is 0 Å². The van der Waals surface area contributed by atoms with E-state index in [2.05, 4.69) is 20.9 Å². The van der Waals surface area contributed by atoms with Crippen LogP contribution in [0.25, 0.3) is 11.1 Å². The van der Waals surface area contributed by atoms with Crippen molar-refractivity contribution in [2.45, 2.75) is 32.5 Å². The highest BCUT2D eigenvalue weighted by Gasteiger charge is 2.23. The van der Waals surface area contributed by atoms with E-state index < -0.39 is 29.2 Å². The van der Waals surface area contributed by atoms with E-state index in [1.54, 1.807) is 24.4 Å². The molecule has 3 aromatic carbocycles. The van der Waals surface area contributed by atoms with Gasteiger partial charge in [0.25, 0.3) is 0 Å². The second kappa shape index (κ2) is 12.0. The van der Waals surface area contributed by atoms with Crippen LogP contribution in [0.15, 0.2) is 77.4 Å². The number of halogens is 5. The van der Waals surface area contributed by atoms with Crippen LogP contribution in [0.3, 0.4) is 0 Å². The summed E-state index contributed by atoms with van der Waals surface area (Å²) >= 11 is 3.46. The minimum absolute atomic E-state index is 0.0712. The lowest BCUT2D eigenvalue weighted by atomic mass is 9.96. The van der Waals surface area contributed by atoms with Crippen molar-refractivity contribution in [1.82, 2.24) is 4.98 Å². The maximum atomic E-state index is 14.2. The van der Waals surface area contributed by atoms with E-state index in [1.165, 1.54) is 18.2 Å². The summed E-state index contributed by atoms with van der Waals surface area (Å²) in [6, 6.07) is 15.2. The van der Waals surface area contributed by atoms with E-state index in [0.29, 0.717) is 5.88 Å². The highest BCUT2D eigenvalue weighted by molar-refractivity contribution is 9.10. The molecule has 4 aromatic rings. The van der Waals surface area contributed by atoms with Gasteiger partial charge in [0.1, 0.15) is 36.5 Å². The van der Waals surface area contributed by atoms with Crippen LogP contribution in [-0.2, 0) is 18.0 Å². The highest BCUT2D eigenvalue weighted by Crippen LogP contribution is 2.43. The van der Waals surface area contributed by atoms with E-state index in [9.17, 15) is 22.4 Å². The molecular formula is C31H22BrF4NO3. The van der Waals surface area contributed by atoms with Crippen LogP contribution in [0, 0.1) is 23.3 Å². The molecule has 0 atom stereocenters. The SMILES string of the molecule is O=C(OCc1ccc(F)cc1F)c1cccc(C2=C(c3cc(Br)cnc3OCc3ccc(F)cc3F)CCC2)c1. The summed E-state index contributed by atoms with van der Waals surface area (Å²) in [6.45, 7) is -0.464. The fraction of sp³-hybridized carbons (Fsp3) is 0.161. The zero-order chi connectivity index (χ0) is 28.2. The van der Waals surface area contributed by atoms with Crippen molar-refractivity contribution >= 4 is 33.0 Å². The molecule has 1 heterocycles. The fourth-order valence-corrected chi connectivity index (χ4v) is 4.93. The summed E-state index contributed by atoms with van der Waals surface area (Å²) in [7, 11) is 0. The van der Waals surface area contributed by atoms with Gasteiger partial charge in [0.15, 0.2) is 0 Å². The minimum atomic E-state index is -0.787. The molecule has 204 valence electrons. The monoisotopic (exact) mass is 611 g/mol. The molecule has 0 radical (unpaired) electrons. The van der Waals surface area contributed by atoms with Crippen molar-refractivity contribution in [2.75, 3.05) is 0 Å². The second-order valence-corrected chi connectivity index (χ2v) is 10.1. The first-order valence-corrected chi connectivity index (χ1v) is 13.2. The molecule has 1 aliphatic rings. The number of carbonyl (C=O) groups excluding carboxylic acids is 1. The van der Waals surface area contributed by atoms with Gasteiger partial charge in [-0.25, -0.2) is 27.3 Å². The number of pyridine rings is 1. The maximum Gasteiger partial charge on any atom is 0.338 e. The van der Waals surface area contributed by atoms with Crippen LogP contribution in [-0.4, -0.2) is 11.0 Å². The molecule has 9 heteroatoms. The molecule has 0 spiro atoms. The van der Waals surface area contributed by atoms with E-state index in [0.717, 1.165) is 64.2 Å². The van der Waals surface area contributed by atoms with E-state index in [-0.39, 0.29) is 29.9 Å². The molecule has 0 aliphatic heterocycles. The van der Waals surface area contributed by atoms with Crippen LogP contribution in [0.5, 0.6) is 5.88 Å². The maximum absolute atomic E-state index is 14.2. The Morgan fingerprint density at radius 3 is 2.20 bits per heavy atom. The van der Waals surface area contributed by atoms with Gasteiger partial charge in [-0.3, -0.25) is 0 Å². The van der Waals surface area contributed by atoms with Crippen LogP contribution in [0.4, 0.5) is 17.6 Å². The first-order valence-electron chi connectivity index (χ1n) is 12.4. The van der Waals surface area contributed by atoms with Gasteiger partial charge < -0.3 is 9.47 Å². The van der Waals surface area contributed by atoms with E-state index in [1.807, 2.05) is 12.1 Å². The minimum Gasteiger partial charge on any atom is -0.472 e. The number of nitrogens with zero attached hydrogens (tertiary/aromatic N) is 1. The zero-order valence-electron chi connectivity index (χ0n) is 21.0. The second-order valence-electron chi connectivity index (χ2n) is 9.23. The van der Waals surface area contributed by atoms with Gasteiger partial charge in [0.05, 0.1) is 5.56 Å². The molecule has 4 nitrogen and oxygen atoms in total. The molecular weight excluding hydrogens is 590 g/mol. The molecule has 0 saturated carbocycles. The van der Waals surface area contributed by atoms with E-state index >= 15 is 0 Å². The van der Waals surface area contributed by atoms with Crippen molar-refractivity contribution in [3.8, 4) is 5.88 Å². The number of hydrogen-bond donors (Lipinski definition) is 0. The average molecular weight is 612 g/mol. The lowest BCUT2D eigenvalue weighted by molar-refractivity contribution is 0.0469. The van der Waals surface area contributed by atoms with Crippen LogP contribution < -0.4 is 4.74 Å². The Morgan fingerprint density at radius 2 is 1.50 bits per heavy atom. The Hall–Kier alpha value is -3.98. The van der Waals surface area contributed by atoms with Crippen molar-refractivity contribution < 1.29 is 31.8 Å². The Labute approximate surface area is 236 Å². The third-order valence-electron chi connectivity index (χ3n) is 6.56. The van der Waals surface area contributed by atoms with Crippen molar-refractivity contribution in [3.63, 3.8) is 0 Å². The van der Waals surface area contributed by atoms with Crippen molar-refractivity contribution in [1.29, 1.82) is 0 Å². The number of ether oxygens (including phenoxy) is 2. The number of carbonyl (C=O) groups is 1. The summed E-state index contributed by atoms with van der Waals surface area (Å²) in [5.41, 5.74) is 4.06. The molecule has 0 amide bonds. The van der Waals surface area contributed by atoms with Gasteiger partial charge in [-0.05, 0) is 94.4 Å². The van der Waals surface area contributed by atoms with Gasteiger partial charge in [-0.1, -0.05) is 12.1 Å². The van der Waals surface area contributed by atoms with Crippen LogP contribution in [0.2, 0.25) is 0 Å². The molecule has 0 unspecified atom stereocenters. The molecule has 5 rings (SSSR count). The molecule has 1 aliphatic carbocycles. The summed E-state index contributed by atoms with van der Waals surface area (Å²) in [5, 5.41) is 0. The Morgan fingerprint density at radius 1 is 0.825 bits per heavy atom. The summed E-state index contributed by atoms with van der Waals surface area (Å²) in [6.07, 6.45) is 3.91. The average Bonchev–Trinajstić information content (AvgIpc) is 3.42. The predicted octanol–water partition coefficient (Wildman–Crippen LogP) is 8.43. The van der Waals surface area contributed by atoms with Gasteiger partial charge in [-0.2, -0.15) is 0 Å². The molecule has 0 fully saturated rings. The van der Waals surface area contributed by atoms with Crippen LogP contribution in [0.1, 0.15) is 51.9 Å². The normalized spacial score (nSPS) is 13.0. The van der Waals surface area contributed by atoms with Crippen LogP contribution >= 0.6 is 15.9 Å². The molecule has 40 heavy (non-hydrogen) atoms. The first kappa shape index (κ1) is 27.6. The number of rotatable bonds is 8. The Bertz CT molecular complexity index is 1620. The van der Waals surface area contributed by atoms with Gasteiger partial charge in [0.2, 0.25) is 5.88 Å². The smallest absolute Gasteiger partial charge is 0.338 e. The third kappa shape index (κ3) is 6.25. The molecule has 0 bridgehead atoms. The van der Waals surface area contributed by atoms with Gasteiger partial charge >= 0.3 is 5.97 Å². The quantitative estimate of drug-likeness (QED) is 0.148. The summed E-state index contributed by atoms with van der Waals surface area (Å²) < 4.78 is 66.5. The predicted molar refractivity (Wildman–Crippen MR) is 145 cm³/mol. The van der Waals surface area contributed by atoms with Gasteiger partial charge in [0, 0.05) is 39.5 Å². The third-order valence-corrected chi connectivity index (χ3v) is 6.99. The molecule has 0 N–H and O–H groups in total. The van der Waals surface area contributed by atoms with E-state index in [4.69, 9.17) is 9.47 Å². The largest absolute Gasteiger partial charge is 0.472 e. The fourth-order valence-electron chi connectivity index (χ4n) is 4.60. The lowest BCUT2D eigenvalue weighted by Crippen LogP contribution is -2.07. The lowest BCUT2D eigenvalue weighted by Gasteiger charge is -2.15. The van der Waals surface area contributed by atoms with Crippen molar-refractivity contribution in [2.24, 2.45) is 0 Å². The summed E-state index contributed by atoms with van der Waals surface area (Å²) in [4.78, 5) is 17.2. The number of allylic oxidation sites excluding steroid dienone is 2.